The summed E-state index contributed by atoms with van der Waals surface area (Å²) in [5.41, 5.74) is 1.55. The second-order valence-corrected chi connectivity index (χ2v) is 5.73. The SMILES string of the molecule is O=C(Nc1cccc(OCCc2ccccc2)c1)c1cc(F)ccc1O. The number of carbonyl (C=O) groups excluding carboxylic acids is 1. The molecule has 0 atom stereocenters. The van der Waals surface area contributed by atoms with Crippen LogP contribution in [0.25, 0.3) is 0 Å². The number of aromatic hydroxyl groups is 1. The number of halogens is 1. The van der Waals surface area contributed by atoms with Crippen LogP contribution < -0.4 is 10.1 Å². The van der Waals surface area contributed by atoms with Gasteiger partial charge in [-0.15, -0.1) is 0 Å². The van der Waals surface area contributed by atoms with Gasteiger partial charge in [0.1, 0.15) is 17.3 Å². The molecular formula is C21H18FNO3. The fourth-order valence-electron chi connectivity index (χ4n) is 2.48. The summed E-state index contributed by atoms with van der Waals surface area (Å²) in [7, 11) is 0. The summed E-state index contributed by atoms with van der Waals surface area (Å²) >= 11 is 0. The van der Waals surface area contributed by atoms with E-state index in [9.17, 15) is 14.3 Å². The Morgan fingerprint density at radius 1 is 1.00 bits per heavy atom. The van der Waals surface area contributed by atoms with Crippen molar-refractivity contribution >= 4 is 11.6 Å². The van der Waals surface area contributed by atoms with E-state index in [1.165, 1.54) is 5.56 Å². The summed E-state index contributed by atoms with van der Waals surface area (Å²) in [6.07, 6.45) is 0.772. The highest BCUT2D eigenvalue weighted by Crippen LogP contribution is 2.22. The van der Waals surface area contributed by atoms with Gasteiger partial charge in [-0.1, -0.05) is 36.4 Å². The van der Waals surface area contributed by atoms with Crippen LogP contribution in [-0.2, 0) is 6.42 Å². The molecule has 0 spiro atoms. The molecule has 0 aromatic heterocycles. The predicted molar refractivity (Wildman–Crippen MR) is 98.1 cm³/mol. The standard InChI is InChI=1S/C21H18FNO3/c22-16-9-10-20(24)19(13-16)21(25)23-17-7-4-8-18(14-17)26-12-11-15-5-2-1-3-6-15/h1-10,13-14,24H,11-12H2,(H,23,25). The number of carbonyl (C=O) groups is 1. The zero-order chi connectivity index (χ0) is 18.4. The van der Waals surface area contributed by atoms with Gasteiger partial charge in [-0.05, 0) is 35.9 Å². The first-order valence-electron chi connectivity index (χ1n) is 8.18. The molecule has 2 N–H and O–H groups in total. The van der Waals surface area contributed by atoms with Crippen LogP contribution in [0.3, 0.4) is 0 Å². The Labute approximate surface area is 150 Å². The van der Waals surface area contributed by atoms with E-state index in [1.54, 1.807) is 24.3 Å². The Morgan fingerprint density at radius 3 is 2.62 bits per heavy atom. The largest absolute Gasteiger partial charge is 0.507 e. The second-order valence-electron chi connectivity index (χ2n) is 5.73. The average Bonchev–Trinajstić information content (AvgIpc) is 2.65. The van der Waals surface area contributed by atoms with E-state index in [0.717, 1.165) is 24.6 Å². The van der Waals surface area contributed by atoms with E-state index in [0.29, 0.717) is 18.0 Å². The summed E-state index contributed by atoms with van der Waals surface area (Å²) in [5.74, 6) is -0.851. The van der Waals surface area contributed by atoms with Gasteiger partial charge < -0.3 is 15.2 Å². The average molecular weight is 351 g/mol. The number of anilines is 1. The molecule has 0 bridgehead atoms. The minimum absolute atomic E-state index is 0.125. The summed E-state index contributed by atoms with van der Waals surface area (Å²) in [6.45, 7) is 0.506. The molecule has 0 aliphatic heterocycles. The molecule has 0 saturated heterocycles. The third-order valence-electron chi connectivity index (χ3n) is 3.80. The van der Waals surface area contributed by atoms with Crippen molar-refractivity contribution in [1.29, 1.82) is 0 Å². The van der Waals surface area contributed by atoms with Gasteiger partial charge in [0.2, 0.25) is 0 Å². The zero-order valence-corrected chi connectivity index (χ0v) is 14.0. The molecule has 0 radical (unpaired) electrons. The minimum atomic E-state index is -0.594. The Morgan fingerprint density at radius 2 is 1.81 bits per heavy atom. The Bertz CT molecular complexity index is 897. The lowest BCUT2D eigenvalue weighted by Gasteiger charge is -2.10. The number of hydrogen-bond acceptors (Lipinski definition) is 3. The predicted octanol–water partition coefficient (Wildman–Crippen LogP) is 4.41. The normalized spacial score (nSPS) is 10.3. The van der Waals surface area contributed by atoms with Crippen molar-refractivity contribution < 1.29 is 19.0 Å². The summed E-state index contributed by atoms with van der Waals surface area (Å²) in [6, 6.07) is 20.1. The quantitative estimate of drug-likeness (QED) is 0.692. The maximum atomic E-state index is 13.3. The lowest BCUT2D eigenvalue weighted by atomic mass is 10.1. The molecular weight excluding hydrogens is 333 g/mol. The zero-order valence-electron chi connectivity index (χ0n) is 14.0. The number of hydrogen-bond donors (Lipinski definition) is 2. The van der Waals surface area contributed by atoms with E-state index in [-0.39, 0.29) is 11.3 Å². The van der Waals surface area contributed by atoms with Crippen LogP contribution in [0.5, 0.6) is 11.5 Å². The maximum absolute atomic E-state index is 13.3. The van der Waals surface area contributed by atoms with Crippen molar-refractivity contribution in [2.75, 3.05) is 11.9 Å². The fourth-order valence-corrected chi connectivity index (χ4v) is 2.48. The Balaban J connectivity index is 1.62. The van der Waals surface area contributed by atoms with Crippen LogP contribution in [0.15, 0.2) is 72.8 Å². The number of benzene rings is 3. The van der Waals surface area contributed by atoms with E-state index < -0.39 is 11.7 Å². The van der Waals surface area contributed by atoms with E-state index >= 15 is 0 Å². The highest BCUT2D eigenvalue weighted by molar-refractivity contribution is 6.06. The number of phenols is 1. The molecule has 3 rings (SSSR count). The molecule has 0 saturated carbocycles. The molecule has 0 aliphatic carbocycles. The maximum Gasteiger partial charge on any atom is 0.259 e. The van der Waals surface area contributed by atoms with Crippen molar-refractivity contribution in [1.82, 2.24) is 0 Å². The number of phenolic OH excluding ortho intramolecular Hbond substituents is 1. The number of amides is 1. The van der Waals surface area contributed by atoms with Gasteiger partial charge in [-0.2, -0.15) is 0 Å². The highest BCUT2D eigenvalue weighted by Gasteiger charge is 2.12. The molecule has 1 amide bonds. The smallest absolute Gasteiger partial charge is 0.259 e. The van der Waals surface area contributed by atoms with Crippen molar-refractivity contribution in [3.05, 3.63) is 89.7 Å². The van der Waals surface area contributed by atoms with Crippen LogP contribution in [-0.4, -0.2) is 17.6 Å². The summed E-state index contributed by atoms with van der Waals surface area (Å²) in [4.78, 5) is 12.2. The molecule has 0 unspecified atom stereocenters. The lowest BCUT2D eigenvalue weighted by Crippen LogP contribution is -2.12. The molecule has 3 aromatic carbocycles. The van der Waals surface area contributed by atoms with Crippen LogP contribution in [0.4, 0.5) is 10.1 Å². The van der Waals surface area contributed by atoms with E-state index in [1.807, 2.05) is 30.3 Å². The van der Waals surface area contributed by atoms with Gasteiger partial charge in [0, 0.05) is 18.2 Å². The van der Waals surface area contributed by atoms with Gasteiger partial charge in [0.05, 0.1) is 12.2 Å². The van der Waals surface area contributed by atoms with Crippen molar-refractivity contribution in [3.8, 4) is 11.5 Å². The van der Waals surface area contributed by atoms with Crippen molar-refractivity contribution in [2.24, 2.45) is 0 Å². The topological polar surface area (TPSA) is 58.6 Å². The van der Waals surface area contributed by atoms with Gasteiger partial charge >= 0.3 is 0 Å². The number of rotatable bonds is 6. The fraction of sp³-hybridized carbons (Fsp3) is 0.0952. The van der Waals surface area contributed by atoms with Gasteiger partial charge in [0.15, 0.2) is 0 Å². The molecule has 132 valence electrons. The first kappa shape index (κ1) is 17.5. The molecule has 0 aliphatic rings. The Hall–Kier alpha value is -3.34. The van der Waals surface area contributed by atoms with Crippen LogP contribution in [0.2, 0.25) is 0 Å². The first-order valence-corrected chi connectivity index (χ1v) is 8.18. The van der Waals surface area contributed by atoms with Gasteiger partial charge in [0.25, 0.3) is 5.91 Å². The van der Waals surface area contributed by atoms with Crippen molar-refractivity contribution in [3.63, 3.8) is 0 Å². The summed E-state index contributed by atoms with van der Waals surface area (Å²) < 4.78 is 19.0. The van der Waals surface area contributed by atoms with Crippen molar-refractivity contribution in [2.45, 2.75) is 6.42 Å². The van der Waals surface area contributed by atoms with E-state index in [4.69, 9.17) is 4.74 Å². The monoisotopic (exact) mass is 351 g/mol. The molecule has 26 heavy (non-hydrogen) atoms. The minimum Gasteiger partial charge on any atom is -0.507 e. The third kappa shape index (κ3) is 4.60. The molecule has 3 aromatic rings. The number of ether oxygens (including phenoxy) is 1. The summed E-state index contributed by atoms with van der Waals surface area (Å²) in [5, 5.41) is 12.3. The molecule has 5 heteroatoms. The first-order chi connectivity index (χ1) is 12.6. The lowest BCUT2D eigenvalue weighted by molar-refractivity contribution is 0.102. The molecule has 4 nitrogen and oxygen atoms in total. The van der Waals surface area contributed by atoms with Gasteiger partial charge in [-0.3, -0.25) is 4.79 Å². The molecule has 0 heterocycles. The number of nitrogens with one attached hydrogen (secondary N) is 1. The second kappa shape index (κ2) is 8.16. The van der Waals surface area contributed by atoms with Crippen LogP contribution >= 0.6 is 0 Å². The molecule has 0 fully saturated rings. The van der Waals surface area contributed by atoms with E-state index in [2.05, 4.69) is 5.32 Å². The highest BCUT2D eigenvalue weighted by atomic mass is 19.1. The Kier molecular flexibility index (Phi) is 5.49. The van der Waals surface area contributed by atoms with Crippen LogP contribution in [0, 0.1) is 5.82 Å². The van der Waals surface area contributed by atoms with Crippen LogP contribution in [0.1, 0.15) is 15.9 Å². The van der Waals surface area contributed by atoms with Gasteiger partial charge in [-0.25, -0.2) is 4.39 Å². The third-order valence-corrected chi connectivity index (χ3v) is 3.80.